The van der Waals surface area contributed by atoms with Crippen LogP contribution >= 0.6 is 0 Å². The number of nitrogens with one attached hydrogen (secondary N) is 11. The highest BCUT2D eigenvalue weighted by molar-refractivity contribution is 5.98. The van der Waals surface area contributed by atoms with E-state index in [-0.39, 0.29) is 89.5 Å². The molecule has 422 valence electrons. The molecule has 26 heteroatoms. The molecule has 1 aromatic carbocycles. The van der Waals surface area contributed by atoms with Crippen molar-refractivity contribution in [2.24, 2.45) is 34.8 Å². The van der Waals surface area contributed by atoms with Gasteiger partial charge >= 0.3 is 0 Å². The predicted molar refractivity (Wildman–Crippen MR) is 278 cm³/mol. The highest BCUT2D eigenvalue weighted by atomic mass is 16.3. The molecule has 2 fully saturated rings. The number of amides is 9. The Morgan fingerprint density at radius 3 is 1.69 bits per heavy atom. The molecule has 0 radical (unpaired) electrons. The zero-order valence-electron chi connectivity index (χ0n) is 43.8. The SMILES string of the molecule is CC(C)C[C@@H]1NC(=O)[C@@H](Cc2ccccc2)NC(=O)[C@H](CCN)NC(=O)[C@@H](NC(=O)[C@H](CCN)NC(=O)[C@@H](NC[C@H]2CCCNC2)C(C)O)CCNC(=O)C(C(C)O)NC(=O)[C@H](CCN)NC(=O)[C@H](CCN)NC1=O. The molecular weight excluding hydrogens is 975 g/mol. The van der Waals surface area contributed by atoms with E-state index in [2.05, 4.69) is 58.5 Å². The summed E-state index contributed by atoms with van der Waals surface area (Å²) >= 11 is 0. The van der Waals surface area contributed by atoms with E-state index in [1.54, 1.807) is 44.2 Å². The number of carbonyl (C=O) groups excluding carboxylic acids is 9. The van der Waals surface area contributed by atoms with Gasteiger partial charge in [0, 0.05) is 13.0 Å². The number of benzene rings is 1. The number of aliphatic hydroxyl groups excluding tert-OH is 2. The van der Waals surface area contributed by atoms with Gasteiger partial charge in [0.05, 0.1) is 12.2 Å². The first-order valence-electron chi connectivity index (χ1n) is 26.1. The molecule has 0 spiro atoms. The number of carbonyl (C=O) groups is 9. The molecule has 1 aromatic rings. The number of aliphatic hydroxyl groups is 2. The van der Waals surface area contributed by atoms with Gasteiger partial charge in [0.1, 0.15) is 54.4 Å². The molecule has 9 amide bonds. The monoisotopic (exact) mass is 1060 g/mol. The smallest absolute Gasteiger partial charge is 0.245 e. The highest BCUT2D eigenvalue weighted by Crippen LogP contribution is 2.12. The van der Waals surface area contributed by atoms with Gasteiger partial charge in [-0.15, -0.1) is 0 Å². The number of piperidine rings is 1. The predicted octanol–water partition coefficient (Wildman–Crippen LogP) is -6.21. The second-order valence-corrected chi connectivity index (χ2v) is 19.7. The van der Waals surface area contributed by atoms with Crippen LogP contribution in [0.5, 0.6) is 0 Å². The summed E-state index contributed by atoms with van der Waals surface area (Å²) in [6, 6.07) is -3.73. The minimum Gasteiger partial charge on any atom is -0.391 e. The topological polar surface area (TPSA) is 430 Å². The normalized spacial score (nSPS) is 25.9. The summed E-state index contributed by atoms with van der Waals surface area (Å²) in [5, 5.41) is 51.2. The summed E-state index contributed by atoms with van der Waals surface area (Å²) in [6.45, 7) is 7.45. The Bertz CT molecular complexity index is 2010. The quantitative estimate of drug-likeness (QED) is 0.0545. The van der Waals surface area contributed by atoms with Crippen molar-refractivity contribution in [2.75, 3.05) is 52.4 Å². The van der Waals surface area contributed by atoms with Gasteiger partial charge in [-0.2, -0.15) is 0 Å². The molecule has 0 aliphatic carbocycles. The average Bonchev–Trinajstić information content (AvgIpc) is 3.36. The molecule has 2 heterocycles. The molecule has 2 saturated heterocycles. The second kappa shape index (κ2) is 33.2. The molecule has 0 aromatic heterocycles. The van der Waals surface area contributed by atoms with E-state index in [1.165, 1.54) is 13.8 Å². The highest BCUT2D eigenvalue weighted by Gasteiger charge is 2.37. The van der Waals surface area contributed by atoms with Crippen molar-refractivity contribution in [3.8, 4) is 0 Å². The van der Waals surface area contributed by atoms with Crippen molar-refractivity contribution in [3.63, 3.8) is 0 Å². The molecule has 2 aliphatic rings. The van der Waals surface area contributed by atoms with Gasteiger partial charge in [0.25, 0.3) is 0 Å². The average molecular weight is 1060 g/mol. The Kier molecular flexibility index (Phi) is 28.1. The lowest BCUT2D eigenvalue weighted by atomic mass is 9.99. The Balaban J connectivity index is 2.09. The lowest BCUT2D eigenvalue weighted by Crippen LogP contribution is -2.61. The van der Waals surface area contributed by atoms with Crippen LogP contribution in [-0.4, -0.2) is 182 Å². The van der Waals surface area contributed by atoms with E-state index in [1.807, 2.05) is 0 Å². The fourth-order valence-corrected chi connectivity index (χ4v) is 8.65. The van der Waals surface area contributed by atoms with Crippen molar-refractivity contribution >= 4 is 53.2 Å². The van der Waals surface area contributed by atoms with Crippen molar-refractivity contribution in [2.45, 2.75) is 152 Å². The Morgan fingerprint density at radius 2 is 1.17 bits per heavy atom. The number of hydrogen-bond donors (Lipinski definition) is 17. The maximum Gasteiger partial charge on any atom is 0.245 e. The summed E-state index contributed by atoms with van der Waals surface area (Å²) in [7, 11) is 0. The van der Waals surface area contributed by atoms with Gasteiger partial charge in [0.2, 0.25) is 53.2 Å². The van der Waals surface area contributed by atoms with Gasteiger partial charge in [-0.25, -0.2) is 0 Å². The maximum absolute atomic E-state index is 14.4. The summed E-state index contributed by atoms with van der Waals surface area (Å²) in [4.78, 5) is 126. The Labute approximate surface area is 439 Å². The first kappa shape index (κ1) is 63.4. The molecule has 0 bridgehead atoms. The lowest BCUT2D eigenvalue weighted by Gasteiger charge is -2.29. The van der Waals surface area contributed by atoms with E-state index in [9.17, 15) is 53.4 Å². The minimum absolute atomic E-state index is 0.0761. The van der Waals surface area contributed by atoms with Gasteiger partial charge in [-0.1, -0.05) is 44.2 Å². The first-order valence-corrected chi connectivity index (χ1v) is 26.1. The molecule has 26 nitrogen and oxygen atoms in total. The van der Waals surface area contributed by atoms with Gasteiger partial charge in [0.15, 0.2) is 0 Å². The molecule has 0 saturated carbocycles. The minimum atomic E-state index is -1.63. The third-order valence-corrected chi connectivity index (χ3v) is 12.8. The van der Waals surface area contributed by atoms with Crippen LogP contribution in [0.4, 0.5) is 0 Å². The van der Waals surface area contributed by atoms with Crippen molar-refractivity contribution in [1.82, 2.24) is 58.5 Å². The molecule has 21 N–H and O–H groups in total. The van der Waals surface area contributed by atoms with Crippen LogP contribution in [0.3, 0.4) is 0 Å². The van der Waals surface area contributed by atoms with Crippen LogP contribution in [0.15, 0.2) is 30.3 Å². The zero-order valence-corrected chi connectivity index (χ0v) is 43.8. The number of hydrogen-bond acceptors (Lipinski definition) is 17. The van der Waals surface area contributed by atoms with Crippen LogP contribution in [0, 0.1) is 11.8 Å². The van der Waals surface area contributed by atoms with Crippen LogP contribution in [-0.2, 0) is 49.6 Å². The van der Waals surface area contributed by atoms with Crippen molar-refractivity contribution in [3.05, 3.63) is 35.9 Å². The molecular formula is C49H85N15O11. The van der Waals surface area contributed by atoms with Gasteiger partial charge in [-0.05, 0) is 128 Å². The summed E-state index contributed by atoms with van der Waals surface area (Å²) in [5.74, 6) is -7.63. The fourth-order valence-electron chi connectivity index (χ4n) is 8.65. The third-order valence-electron chi connectivity index (χ3n) is 12.8. The van der Waals surface area contributed by atoms with Crippen LogP contribution in [0.1, 0.15) is 84.6 Å². The summed E-state index contributed by atoms with van der Waals surface area (Å²) in [6.07, 6.45) is -1.73. The third kappa shape index (κ3) is 21.7. The second-order valence-electron chi connectivity index (χ2n) is 19.7. The van der Waals surface area contributed by atoms with E-state index in [4.69, 9.17) is 22.9 Å². The van der Waals surface area contributed by atoms with Crippen LogP contribution in [0.2, 0.25) is 0 Å². The maximum atomic E-state index is 14.4. The first-order chi connectivity index (χ1) is 35.7. The van der Waals surface area contributed by atoms with E-state index in [0.717, 1.165) is 25.9 Å². The van der Waals surface area contributed by atoms with Gasteiger partial charge < -0.3 is 91.6 Å². The van der Waals surface area contributed by atoms with Crippen molar-refractivity contribution < 1.29 is 53.4 Å². The molecule has 75 heavy (non-hydrogen) atoms. The zero-order chi connectivity index (χ0) is 55.6. The number of nitrogens with two attached hydrogens (primary N) is 4. The number of rotatable bonds is 21. The molecule has 3 rings (SSSR count). The standard InChI is InChI=1S/C49H85N15O11/c1-27(2)23-37-46(72)59-32(12-17-50)41(67)58-35(15-20-53)45(71)64-40(29(4)66)48(74)55-22-16-36(44(70)57-33(13-18-51)43(69)63-38(47(73)62-37)24-30-9-6-5-7-10-30)60-42(68)34(14-19-52)61-49(75)39(28(3)65)56-26-31-11-8-21-54-25-31/h5-7,9-10,27-29,31-40,54,56,65-66H,8,11-26,50-53H2,1-4H3,(H,55,74)(H,57,70)(H,58,67)(H,59,72)(H,60,68)(H,61,75)(H,62,73)(H,63,69)(H,64,71)/t28?,29?,31-,32-,33-,34-,35-,36-,37-,38+,39-,40?/m0/s1. The van der Waals surface area contributed by atoms with Crippen molar-refractivity contribution in [1.29, 1.82) is 0 Å². The van der Waals surface area contributed by atoms with E-state index >= 15 is 0 Å². The largest absolute Gasteiger partial charge is 0.391 e. The lowest BCUT2D eigenvalue weighted by molar-refractivity contribution is -0.136. The summed E-state index contributed by atoms with van der Waals surface area (Å²) in [5.41, 5.74) is 24.2. The van der Waals surface area contributed by atoms with Gasteiger partial charge in [-0.3, -0.25) is 43.2 Å². The van der Waals surface area contributed by atoms with E-state index in [0.29, 0.717) is 12.1 Å². The molecule has 3 unspecified atom stereocenters. The van der Waals surface area contributed by atoms with E-state index < -0.39 is 120 Å². The van der Waals surface area contributed by atoms with Crippen LogP contribution < -0.4 is 81.4 Å². The Hall–Kier alpha value is -5.87. The fraction of sp³-hybridized carbons (Fsp3) is 0.694. The molecule has 2 aliphatic heterocycles. The van der Waals surface area contributed by atoms with Crippen LogP contribution in [0.25, 0.3) is 0 Å². The summed E-state index contributed by atoms with van der Waals surface area (Å²) < 4.78 is 0. The Morgan fingerprint density at radius 1 is 0.640 bits per heavy atom. The molecule has 12 atom stereocenters.